The first-order valence-corrected chi connectivity index (χ1v) is 4.70. The number of benzene rings is 1. The van der Waals surface area contributed by atoms with E-state index in [2.05, 4.69) is 14.9 Å². The van der Waals surface area contributed by atoms with E-state index in [9.17, 15) is 4.79 Å². The molecule has 2 rings (SSSR count). The molecule has 0 aliphatic heterocycles. The molecular weight excluding hydrogens is 208 g/mol. The van der Waals surface area contributed by atoms with Crippen LogP contribution in [0.15, 0.2) is 28.8 Å². The summed E-state index contributed by atoms with van der Waals surface area (Å²) in [5, 5.41) is 3.71. The van der Waals surface area contributed by atoms with Gasteiger partial charge in [0.15, 0.2) is 0 Å². The van der Waals surface area contributed by atoms with Crippen molar-refractivity contribution >= 4 is 5.97 Å². The lowest BCUT2D eigenvalue weighted by atomic mass is 10.1. The van der Waals surface area contributed by atoms with Crippen molar-refractivity contribution in [3.63, 3.8) is 0 Å². The van der Waals surface area contributed by atoms with E-state index in [4.69, 9.17) is 4.52 Å². The number of methoxy groups -OCH3 is 1. The first kappa shape index (κ1) is 10.4. The fourth-order valence-electron chi connectivity index (χ4n) is 1.30. The molecule has 0 fully saturated rings. The summed E-state index contributed by atoms with van der Waals surface area (Å²) in [4.78, 5) is 15.0. The van der Waals surface area contributed by atoms with Crippen LogP contribution in [0.25, 0.3) is 11.4 Å². The van der Waals surface area contributed by atoms with Crippen molar-refractivity contribution < 1.29 is 14.1 Å². The molecule has 0 radical (unpaired) electrons. The minimum atomic E-state index is -0.633. The third-order valence-electron chi connectivity index (χ3n) is 2.06. The van der Waals surface area contributed by atoms with Crippen LogP contribution in [-0.4, -0.2) is 23.2 Å². The smallest absolute Gasteiger partial charge is 0.397 e. The highest BCUT2D eigenvalue weighted by Crippen LogP contribution is 2.16. The number of carbonyl (C=O) groups excluding carboxylic acids is 1. The van der Waals surface area contributed by atoms with Gasteiger partial charge in [-0.2, -0.15) is 4.98 Å². The van der Waals surface area contributed by atoms with Gasteiger partial charge in [0, 0.05) is 5.56 Å². The Hall–Kier alpha value is -2.17. The Morgan fingerprint density at radius 3 is 2.94 bits per heavy atom. The number of hydrogen-bond donors (Lipinski definition) is 0. The van der Waals surface area contributed by atoms with Gasteiger partial charge in [-0.1, -0.05) is 28.9 Å². The Kier molecular flexibility index (Phi) is 2.68. The molecule has 0 saturated heterocycles. The molecule has 0 bridgehead atoms. The van der Waals surface area contributed by atoms with E-state index in [0.29, 0.717) is 5.82 Å². The molecule has 82 valence electrons. The lowest BCUT2D eigenvalue weighted by molar-refractivity contribution is 0.0545. The standard InChI is InChI=1S/C11H10N2O3/c1-7-4-3-5-8(6-7)9-12-10(16-13-9)11(14)15-2/h3-6H,1-2H3. The molecule has 1 heterocycles. The van der Waals surface area contributed by atoms with Crippen LogP contribution < -0.4 is 0 Å². The molecule has 1 aromatic heterocycles. The van der Waals surface area contributed by atoms with Crippen LogP contribution in [0, 0.1) is 6.92 Å². The van der Waals surface area contributed by atoms with E-state index >= 15 is 0 Å². The summed E-state index contributed by atoms with van der Waals surface area (Å²) >= 11 is 0. The highest BCUT2D eigenvalue weighted by molar-refractivity contribution is 5.84. The number of aromatic nitrogens is 2. The highest BCUT2D eigenvalue weighted by atomic mass is 16.6. The van der Waals surface area contributed by atoms with Crippen molar-refractivity contribution in [1.29, 1.82) is 0 Å². The molecule has 0 saturated carbocycles. The van der Waals surface area contributed by atoms with Gasteiger partial charge in [0.25, 0.3) is 0 Å². The summed E-state index contributed by atoms with van der Waals surface area (Å²) < 4.78 is 9.25. The maximum absolute atomic E-state index is 11.1. The molecule has 0 unspecified atom stereocenters. The average molecular weight is 218 g/mol. The Balaban J connectivity index is 2.35. The van der Waals surface area contributed by atoms with E-state index in [1.165, 1.54) is 7.11 Å². The van der Waals surface area contributed by atoms with Gasteiger partial charge in [0.05, 0.1) is 7.11 Å². The SMILES string of the molecule is COC(=O)c1nc(-c2cccc(C)c2)no1. The molecule has 5 heteroatoms. The molecule has 0 aliphatic carbocycles. The number of carbonyl (C=O) groups is 1. The quantitative estimate of drug-likeness (QED) is 0.719. The summed E-state index contributed by atoms with van der Waals surface area (Å²) in [6, 6.07) is 7.61. The summed E-state index contributed by atoms with van der Waals surface area (Å²) in [6.45, 7) is 1.96. The number of rotatable bonds is 2. The summed E-state index contributed by atoms with van der Waals surface area (Å²) in [5.74, 6) is -0.394. The van der Waals surface area contributed by atoms with Gasteiger partial charge in [-0.3, -0.25) is 0 Å². The van der Waals surface area contributed by atoms with Gasteiger partial charge in [-0.25, -0.2) is 4.79 Å². The highest BCUT2D eigenvalue weighted by Gasteiger charge is 2.15. The molecule has 2 aromatic rings. The van der Waals surface area contributed by atoms with Crippen molar-refractivity contribution in [2.24, 2.45) is 0 Å². The van der Waals surface area contributed by atoms with Gasteiger partial charge < -0.3 is 9.26 Å². The van der Waals surface area contributed by atoms with E-state index in [1.807, 2.05) is 31.2 Å². The van der Waals surface area contributed by atoms with Crippen molar-refractivity contribution in [1.82, 2.24) is 10.1 Å². The van der Waals surface area contributed by atoms with Crippen LogP contribution in [0.3, 0.4) is 0 Å². The molecule has 0 aliphatic rings. The van der Waals surface area contributed by atoms with Crippen molar-refractivity contribution in [2.75, 3.05) is 7.11 Å². The number of hydrogen-bond acceptors (Lipinski definition) is 5. The zero-order valence-corrected chi connectivity index (χ0v) is 8.93. The molecule has 0 spiro atoms. The Bertz CT molecular complexity index is 519. The number of esters is 1. The van der Waals surface area contributed by atoms with E-state index in [-0.39, 0.29) is 5.89 Å². The van der Waals surface area contributed by atoms with Crippen LogP contribution in [-0.2, 0) is 4.74 Å². The molecule has 5 nitrogen and oxygen atoms in total. The van der Waals surface area contributed by atoms with Crippen LogP contribution in [0.4, 0.5) is 0 Å². The molecule has 16 heavy (non-hydrogen) atoms. The second kappa shape index (κ2) is 4.14. The van der Waals surface area contributed by atoms with Gasteiger partial charge in [0.2, 0.25) is 5.82 Å². The Labute approximate surface area is 92.0 Å². The maximum atomic E-state index is 11.1. The average Bonchev–Trinajstić information content (AvgIpc) is 2.77. The van der Waals surface area contributed by atoms with Crippen molar-refractivity contribution in [3.8, 4) is 11.4 Å². The normalized spacial score (nSPS) is 10.1. The first-order valence-electron chi connectivity index (χ1n) is 4.70. The van der Waals surface area contributed by atoms with Gasteiger partial charge in [-0.15, -0.1) is 0 Å². The number of nitrogens with zero attached hydrogens (tertiary/aromatic N) is 2. The van der Waals surface area contributed by atoms with Crippen LogP contribution in [0.2, 0.25) is 0 Å². The van der Waals surface area contributed by atoms with Gasteiger partial charge >= 0.3 is 11.9 Å². The molecule has 1 aromatic carbocycles. The zero-order valence-electron chi connectivity index (χ0n) is 8.93. The van der Waals surface area contributed by atoms with Gasteiger partial charge in [-0.05, 0) is 13.0 Å². The lowest BCUT2D eigenvalue weighted by Gasteiger charge is -1.94. The van der Waals surface area contributed by atoms with E-state index in [0.717, 1.165) is 11.1 Å². The molecular formula is C11H10N2O3. The summed E-state index contributed by atoms with van der Waals surface area (Å²) in [5.41, 5.74) is 1.89. The van der Waals surface area contributed by atoms with Crippen molar-refractivity contribution in [3.05, 3.63) is 35.7 Å². The minimum absolute atomic E-state index is 0.140. The van der Waals surface area contributed by atoms with Gasteiger partial charge in [0.1, 0.15) is 0 Å². The second-order valence-electron chi connectivity index (χ2n) is 3.28. The Morgan fingerprint density at radius 2 is 2.25 bits per heavy atom. The molecule has 0 N–H and O–H groups in total. The van der Waals surface area contributed by atoms with E-state index in [1.54, 1.807) is 0 Å². The Morgan fingerprint density at radius 1 is 1.44 bits per heavy atom. The maximum Gasteiger partial charge on any atom is 0.397 e. The molecule has 0 atom stereocenters. The monoisotopic (exact) mass is 218 g/mol. The predicted molar refractivity (Wildman–Crippen MR) is 55.8 cm³/mol. The van der Waals surface area contributed by atoms with Crippen LogP contribution >= 0.6 is 0 Å². The topological polar surface area (TPSA) is 65.2 Å². The zero-order chi connectivity index (χ0) is 11.5. The molecule has 0 amide bonds. The fraction of sp³-hybridized carbons (Fsp3) is 0.182. The van der Waals surface area contributed by atoms with Crippen molar-refractivity contribution in [2.45, 2.75) is 6.92 Å². The number of ether oxygens (including phenoxy) is 1. The summed E-state index contributed by atoms with van der Waals surface area (Å²) in [6.07, 6.45) is 0. The third-order valence-corrected chi connectivity index (χ3v) is 2.06. The first-order chi connectivity index (χ1) is 7.70. The number of aryl methyl sites for hydroxylation is 1. The van der Waals surface area contributed by atoms with Crippen LogP contribution in [0.1, 0.15) is 16.2 Å². The van der Waals surface area contributed by atoms with Crippen LogP contribution in [0.5, 0.6) is 0 Å². The third kappa shape index (κ3) is 1.93. The van der Waals surface area contributed by atoms with E-state index < -0.39 is 5.97 Å². The fourth-order valence-corrected chi connectivity index (χ4v) is 1.30. The summed E-state index contributed by atoms with van der Waals surface area (Å²) in [7, 11) is 1.26. The second-order valence-corrected chi connectivity index (χ2v) is 3.28. The largest absolute Gasteiger partial charge is 0.462 e. The predicted octanol–water partition coefficient (Wildman–Crippen LogP) is 1.83. The lowest BCUT2D eigenvalue weighted by Crippen LogP contribution is -2.00. The minimum Gasteiger partial charge on any atom is -0.462 e.